The summed E-state index contributed by atoms with van der Waals surface area (Å²) in [6, 6.07) is 26.6. The van der Waals surface area contributed by atoms with Crippen LogP contribution in [0.25, 0.3) is 11.1 Å². The van der Waals surface area contributed by atoms with Crippen LogP contribution in [0, 0.1) is 23.7 Å². The summed E-state index contributed by atoms with van der Waals surface area (Å²) in [4.78, 5) is 2.80. The van der Waals surface area contributed by atoms with Gasteiger partial charge in [-0.25, -0.2) is 0 Å². The third-order valence-corrected chi connectivity index (χ3v) is 16.5. The second-order valence-corrected chi connectivity index (χ2v) is 18.9. The molecule has 278 valence electrons. The molecule has 57 heavy (non-hydrogen) atoms. The fraction of sp³-hybridized carbons (Fsp3) is 0.273. The van der Waals surface area contributed by atoms with Crippen molar-refractivity contribution in [2.45, 2.75) is 68.2 Å². The molecule has 8 aliphatic carbocycles. The number of rotatable bonds is 5. The number of nitrogens with zero attached hydrogens (tertiary/aromatic N) is 1. The first kappa shape index (κ1) is 33.9. The minimum Gasteiger partial charge on any atom is -0.334 e. The van der Waals surface area contributed by atoms with Crippen LogP contribution < -0.4 is 10.1 Å². The molecule has 1 nitrogen and oxygen atoms in total. The van der Waals surface area contributed by atoms with E-state index >= 15 is 0 Å². The van der Waals surface area contributed by atoms with Crippen molar-refractivity contribution < 1.29 is 0 Å². The Morgan fingerprint density at radius 3 is 2.40 bits per heavy atom. The smallest absolute Gasteiger partial charge is 0.122 e. The van der Waals surface area contributed by atoms with Crippen LogP contribution in [-0.2, 0) is 5.41 Å². The Labute approximate surface area is 341 Å². The summed E-state index contributed by atoms with van der Waals surface area (Å²) in [6.45, 7) is 0. The van der Waals surface area contributed by atoms with Crippen molar-refractivity contribution in [2.75, 3.05) is 4.90 Å². The first-order valence-corrected chi connectivity index (χ1v) is 22.7. The van der Waals surface area contributed by atoms with Crippen LogP contribution in [0.5, 0.6) is 0 Å². The molecule has 2 heteroatoms. The van der Waals surface area contributed by atoms with Gasteiger partial charge in [0, 0.05) is 34.6 Å². The standard InChI is InChI=1S/C55H49NSi/c1-2-16-36(17-3-1)55(49-25-11-8-22-44(49)45-23-9-12-26-50(45)55)51-27-13-14-28-52(51)56(38-31-33-47-46-24-10-15-29-53(46)57-54(47)35-38)37-30-32-43-41-20-5-4-18-39(41)40-19-6-7-21-42(40)48(43)34-37/h1-5,7-8,11-16,18,20-22,25-36,43,45,48,50-52H,6,9-10,17,19,23-24H2. The van der Waals surface area contributed by atoms with Gasteiger partial charge >= 0.3 is 0 Å². The lowest BCUT2D eigenvalue weighted by molar-refractivity contribution is 0.154. The fourth-order valence-electron chi connectivity index (χ4n) is 12.9. The van der Waals surface area contributed by atoms with Crippen LogP contribution in [0.4, 0.5) is 5.69 Å². The maximum absolute atomic E-state index is 2.80. The Morgan fingerprint density at radius 1 is 0.632 bits per heavy atom. The van der Waals surface area contributed by atoms with Crippen LogP contribution in [0.2, 0.25) is 0 Å². The largest absolute Gasteiger partial charge is 0.334 e. The zero-order chi connectivity index (χ0) is 37.5. The zero-order valence-electron chi connectivity index (χ0n) is 32.6. The van der Waals surface area contributed by atoms with Gasteiger partial charge in [0.2, 0.25) is 0 Å². The Bertz CT molecular complexity index is 2540. The number of fused-ring (bicyclic) bond motifs is 10. The summed E-state index contributed by atoms with van der Waals surface area (Å²) in [5.41, 5.74) is 14.9. The van der Waals surface area contributed by atoms with Crippen LogP contribution in [0.15, 0.2) is 186 Å². The summed E-state index contributed by atoms with van der Waals surface area (Å²) < 4.78 is 0. The molecule has 8 unspecified atom stereocenters. The maximum Gasteiger partial charge on any atom is 0.122 e. The third kappa shape index (κ3) is 5.05. The van der Waals surface area contributed by atoms with Crippen molar-refractivity contribution in [1.82, 2.24) is 0 Å². The van der Waals surface area contributed by atoms with Gasteiger partial charge in [-0.05, 0) is 131 Å². The van der Waals surface area contributed by atoms with Crippen molar-refractivity contribution in [3.63, 3.8) is 0 Å². The highest BCUT2D eigenvalue weighted by atomic mass is 28.2. The zero-order valence-corrected chi connectivity index (χ0v) is 33.6. The number of hydrogen-bond donors (Lipinski definition) is 0. The second-order valence-electron chi connectivity index (χ2n) is 17.6. The monoisotopic (exact) mass is 751 g/mol. The predicted molar refractivity (Wildman–Crippen MR) is 239 cm³/mol. The van der Waals surface area contributed by atoms with E-state index in [0.29, 0.717) is 29.6 Å². The van der Waals surface area contributed by atoms with Gasteiger partial charge < -0.3 is 4.90 Å². The van der Waals surface area contributed by atoms with Crippen LogP contribution in [-0.4, -0.2) is 15.6 Å². The van der Waals surface area contributed by atoms with Crippen molar-refractivity contribution in [1.29, 1.82) is 0 Å². The Kier molecular flexibility index (Phi) is 8.00. The topological polar surface area (TPSA) is 3.24 Å². The molecule has 8 atom stereocenters. The quantitative estimate of drug-likeness (QED) is 0.185. The van der Waals surface area contributed by atoms with Gasteiger partial charge in [-0.2, -0.15) is 0 Å². The lowest BCUT2D eigenvalue weighted by Crippen LogP contribution is -2.54. The molecule has 2 radical (unpaired) electrons. The van der Waals surface area contributed by atoms with Gasteiger partial charge in [-0.1, -0.05) is 157 Å². The predicted octanol–water partition coefficient (Wildman–Crippen LogP) is 12.1. The lowest BCUT2D eigenvalue weighted by Gasteiger charge is -2.53. The summed E-state index contributed by atoms with van der Waals surface area (Å²) in [7, 11) is 0.723. The van der Waals surface area contributed by atoms with E-state index in [1.807, 2.05) is 0 Å². The first-order valence-electron chi connectivity index (χ1n) is 21.7. The molecule has 0 amide bonds. The Balaban J connectivity index is 1.06. The molecule has 3 aromatic carbocycles. The maximum atomic E-state index is 2.80. The molecule has 1 aliphatic heterocycles. The number of allylic oxidation sites excluding steroid dienone is 19. The Morgan fingerprint density at radius 2 is 1.47 bits per heavy atom. The van der Waals surface area contributed by atoms with Gasteiger partial charge in [-0.3, -0.25) is 0 Å². The fourth-order valence-corrected chi connectivity index (χ4v) is 14.4. The normalized spacial score (nSPS) is 32.0. The Hall–Kier alpha value is -5.18. The average Bonchev–Trinajstić information content (AvgIpc) is 3.81. The van der Waals surface area contributed by atoms with Crippen molar-refractivity contribution in [3.8, 4) is 0 Å². The minimum absolute atomic E-state index is 0.0966. The highest BCUT2D eigenvalue weighted by Crippen LogP contribution is 2.64. The third-order valence-electron chi connectivity index (χ3n) is 15.1. The molecule has 0 aromatic heterocycles. The molecule has 0 spiro atoms. The summed E-state index contributed by atoms with van der Waals surface area (Å²) in [5, 5.41) is 3.07. The van der Waals surface area contributed by atoms with Gasteiger partial charge in [0.1, 0.15) is 9.52 Å². The minimum atomic E-state index is -0.0966. The second kappa shape index (κ2) is 13.5. The van der Waals surface area contributed by atoms with E-state index in [-0.39, 0.29) is 17.4 Å². The van der Waals surface area contributed by atoms with Crippen LogP contribution in [0.3, 0.4) is 0 Å². The molecule has 0 fully saturated rings. The summed E-state index contributed by atoms with van der Waals surface area (Å²) in [6.07, 6.45) is 50.2. The van der Waals surface area contributed by atoms with Gasteiger partial charge in [0.25, 0.3) is 0 Å². The SMILES string of the molecule is C1=CCC(C2(C3C=CC=CC3N(C3=CC4C5=C(CCC=C5)c5ccccc5C4C=C3)c3ccc4c(c3)[Si]C3=C4CCC=C3)c3ccccc3C3CCC=CC32)C=C1. The molecule has 0 saturated carbocycles. The van der Waals surface area contributed by atoms with E-state index in [2.05, 4.69) is 175 Å². The van der Waals surface area contributed by atoms with Crippen molar-refractivity contribution >= 4 is 31.5 Å². The molecule has 3 aromatic rings. The van der Waals surface area contributed by atoms with Crippen molar-refractivity contribution in [3.05, 3.63) is 214 Å². The van der Waals surface area contributed by atoms with Gasteiger partial charge in [-0.15, -0.1) is 0 Å². The summed E-state index contributed by atoms with van der Waals surface area (Å²) in [5.74, 6) is 2.28. The van der Waals surface area contributed by atoms with Crippen LogP contribution >= 0.6 is 0 Å². The number of anilines is 1. The van der Waals surface area contributed by atoms with E-state index in [4.69, 9.17) is 0 Å². The van der Waals surface area contributed by atoms with Crippen LogP contribution in [0.1, 0.15) is 84.6 Å². The summed E-state index contributed by atoms with van der Waals surface area (Å²) >= 11 is 0. The first-order chi connectivity index (χ1) is 28.3. The molecule has 9 aliphatic rings. The highest BCUT2D eigenvalue weighted by molar-refractivity contribution is 6.67. The number of benzene rings is 3. The molecule has 0 N–H and O–H groups in total. The average molecular weight is 752 g/mol. The molecular formula is C55H49NSi. The highest BCUT2D eigenvalue weighted by Gasteiger charge is 2.60. The van der Waals surface area contributed by atoms with E-state index < -0.39 is 0 Å². The van der Waals surface area contributed by atoms with E-state index in [0.717, 1.165) is 41.6 Å². The lowest BCUT2D eigenvalue weighted by atomic mass is 9.53. The molecule has 0 saturated heterocycles. The molecule has 1 heterocycles. The van der Waals surface area contributed by atoms with Gasteiger partial charge in [0.05, 0.1) is 6.04 Å². The molecule has 0 bridgehead atoms. The van der Waals surface area contributed by atoms with Gasteiger partial charge in [0.15, 0.2) is 0 Å². The van der Waals surface area contributed by atoms with Crippen molar-refractivity contribution in [2.24, 2.45) is 23.7 Å². The molecular weight excluding hydrogens is 703 g/mol. The number of hydrogen-bond acceptors (Lipinski definition) is 1. The van der Waals surface area contributed by atoms with E-state index in [1.54, 1.807) is 27.5 Å². The van der Waals surface area contributed by atoms with E-state index in [1.165, 1.54) is 51.7 Å². The van der Waals surface area contributed by atoms with E-state index in [9.17, 15) is 0 Å². The molecule has 12 rings (SSSR count).